The van der Waals surface area contributed by atoms with Gasteiger partial charge in [-0.15, -0.1) is 5.10 Å². The van der Waals surface area contributed by atoms with Crippen LogP contribution in [0.4, 0.5) is 29.1 Å². The fraction of sp³-hybridized carbons (Fsp3) is 0.478. The lowest BCUT2D eigenvalue weighted by atomic mass is 10.0. The number of anilines is 5. The minimum atomic E-state index is -0.0477. The van der Waals surface area contributed by atoms with E-state index in [9.17, 15) is 5.11 Å². The number of nitrogen functional groups attached to an aromatic ring is 1. The normalized spacial score (nSPS) is 14.9. The predicted octanol–water partition coefficient (Wildman–Crippen LogP) is 2.06. The summed E-state index contributed by atoms with van der Waals surface area (Å²) in [6, 6.07) is 9.85. The number of ether oxygens (including phenoxy) is 1. The van der Waals surface area contributed by atoms with Crippen LogP contribution in [0, 0.1) is 5.92 Å². The molecule has 3 aromatic rings. The van der Waals surface area contributed by atoms with Gasteiger partial charge < -0.3 is 30.7 Å². The zero-order valence-corrected chi connectivity index (χ0v) is 19.9. The van der Waals surface area contributed by atoms with E-state index < -0.39 is 0 Å². The fourth-order valence-corrected chi connectivity index (χ4v) is 3.98. The molecule has 34 heavy (non-hydrogen) atoms. The summed E-state index contributed by atoms with van der Waals surface area (Å²) >= 11 is 0. The lowest BCUT2D eigenvalue weighted by Crippen LogP contribution is -2.36. The van der Waals surface area contributed by atoms with Gasteiger partial charge in [0.25, 0.3) is 0 Å². The maximum atomic E-state index is 9.82. The molecule has 1 fully saturated rings. The summed E-state index contributed by atoms with van der Waals surface area (Å²) in [5.41, 5.74) is 8.16. The van der Waals surface area contributed by atoms with E-state index in [1.54, 1.807) is 6.07 Å². The van der Waals surface area contributed by atoms with Crippen molar-refractivity contribution < 1.29 is 9.84 Å². The second-order valence-corrected chi connectivity index (χ2v) is 8.79. The lowest BCUT2D eigenvalue weighted by Gasteiger charge is -2.29. The molecule has 1 aliphatic heterocycles. The Labute approximate surface area is 199 Å². The fourth-order valence-electron chi connectivity index (χ4n) is 3.98. The van der Waals surface area contributed by atoms with E-state index in [-0.39, 0.29) is 18.6 Å². The number of aromatic nitrogens is 5. The number of aliphatic hydroxyl groups excluding tert-OH is 1. The summed E-state index contributed by atoms with van der Waals surface area (Å²) in [7, 11) is 1.91. The van der Waals surface area contributed by atoms with E-state index in [4.69, 9.17) is 10.5 Å². The highest BCUT2D eigenvalue weighted by molar-refractivity contribution is 5.60. The highest BCUT2D eigenvalue weighted by Crippen LogP contribution is 2.23. The Balaban J connectivity index is 1.48. The van der Waals surface area contributed by atoms with E-state index in [1.807, 2.05) is 24.1 Å². The van der Waals surface area contributed by atoms with Gasteiger partial charge in [-0.2, -0.15) is 9.67 Å². The van der Waals surface area contributed by atoms with Crippen LogP contribution in [0.1, 0.15) is 20.3 Å². The topological polar surface area (TPSA) is 130 Å². The second-order valence-electron chi connectivity index (χ2n) is 8.79. The number of hydrogen-bond acceptors (Lipinski definition) is 10. The molecule has 1 saturated heterocycles. The van der Waals surface area contributed by atoms with Crippen LogP contribution < -0.4 is 20.9 Å². The first-order chi connectivity index (χ1) is 16.4. The Morgan fingerprint density at radius 2 is 1.91 bits per heavy atom. The molecule has 0 amide bonds. The summed E-state index contributed by atoms with van der Waals surface area (Å²) in [5, 5.41) is 17.5. The van der Waals surface area contributed by atoms with Crippen LogP contribution in [0.3, 0.4) is 0 Å². The summed E-state index contributed by atoms with van der Waals surface area (Å²) < 4.78 is 6.89. The summed E-state index contributed by atoms with van der Waals surface area (Å²) in [6.45, 7) is 7.58. The van der Waals surface area contributed by atoms with Gasteiger partial charge in [-0.1, -0.05) is 13.8 Å². The molecule has 0 radical (unpaired) electrons. The van der Waals surface area contributed by atoms with Crippen LogP contribution >= 0.6 is 0 Å². The molecule has 4 rings (SSSR count). The van der Waals surface area contributed by atoms with Gasteiger partial charge in [0.15, 0.2) is 5.82 Å². The molecule has 0 unspecified atom stereocenters. The van der Waals surface area contributed by atoms with Crippen molar-refractivity contribution in [2.75, 3.05) is 60.8 Å². The Kier molecular flexibility index (Phi) is 7.43. The molecule has 0 bridgehead atoms. The van der Waals surface area contributed by atoms with E-state index in [0.717, 1.165) is 44.1 Å². The maximum Gasteiger partial charge on any atom is 0.248 e. The van der Waals surface area contributed by atoms with Crippen molar-refractivity contribution in [1.82, 2.24) is 24.7 Å². The van der Waals surface area contributed by atoms with Gasteiger partial charge in [0.2, 0.25) is 11.9 Å². The third kappa shape index (κ3) is 5.54. The van der Waals surface area contributed by atoms with Crippen molar-refractivity contribution in [1.29, 1.82) is 0 Å². The molecule has 3 heterocycles. The Hall–Kier alpha value is -3.44. The molecule has 0 saturated carbocycles. The Morgan fingerprint density at radius 1 is 1.18 bits per heavy atom. The molecule has 4 N–H and O–H groups in total. The van der Waals surface area contributed by atoms with Crippen molar-refractivity contribution in [3.8, 4) is 5.82 Å². The molecule has 1 atom stereocenters. The van der Waals surface area contributed by atoms with Crippen LogP contribution in [-0.4, -0.2) is 75.8 Å². The number of nitrogens with zero attached hydrogens (tertiary/aromatic N) is 7. The lowest BCUT2D eigenvalue weighted by molar-refractivity contribution is 0.122. The van der Waals surface area contributed by atoms with Gasteiger partial charge in [0.1, 0.15) is 12.1 Å². The van der Waals surface area contributed by atoms with Crippen LogP contribution in [0.25, 0.3) is 5.82 Å². The summed E-state index contributed by atoms with van der Waals surface area (Å²) in [4.78, 5) is 17.3. The highest BCUT2D eigenvalue weighted by Gasteiger charge is 2.19. The smallest absolute Gasteiger partial charge is 0.248 e. The molecule has 11 heteroatoms. The molecule has 182 valence electrons. The van der Waals surface area contributed by atoms with Crippen LogP contribution in [0.5, 0.6) is 0 Å². The standard InChI is InChI=1S/C23H33N9O2/c1-16(2)12-19(14-33)30(3)20-13-21(26-15-25-20)32-22(24)28-23(29-32)27-17-4-6-18(7-5-17)31-8-10-34-11-9-31/h4-7,13,15-16,19,33H,8-12,14H2,1-3H3,(H3,24,27,28,29)/t19-/m0/s1. The molecule has 11 nitrogen and oxygen atoms in total. The minimum absolute atomic E-state index is 0.0396. The average Bonchev–Trinajstić information content (AvgIpc) is 3.23. The van der Waals surface area contributed by atoms with E-state index >= 15 is 0 Å². The molecular weight excluding hydrogens is 434 g/mol. The highest BCUT2D eigenvalue weighted by atomic mass is 16.5. The van der Waals surface area contributed by atoms with Crippen LogP contribution in [0.2, 0.25) is 0 Å². The number of hydrogen-bond donors (Lipinski definition) is 3. The molecule has 0 aliphatic carbocycles. The second kappa shape index (κ2) is 10.7. The Bertz CT molecular complexity index is 1060. The average molecular weight is 468 g/mol. The first-order valence-electron chi connectivity index (χ1n) is 11.5. The number of morpholine rings is 1. The number of rotatable bonds is 9. The van der Waals surface area contributed by atoms with Gasteiger partial charge in [-0.05, 0) is 36.6 Å². The third-order valence-corrected chi connectivity index (χ3v) is 5.85. The quantitative estimate of drug-likeness (QED) is 0.430. The molecule has 2 aromatic heterocycles. The van der Waals surface area contributed by atoms with Crippen molar-refractivity contribution in [3.05, 3.63) is 36.7 Å². The summed E-state index contributed by atoms with van der Waals surface area (Å²) in [6.07, 6.45) is 2.31. The number of benzene rings is 1. The molecular formula is C23H33N9O2. The van der Waals surface area contributed by atoms with Crippen molar-refractivity contribution in [2.24, 2.45) is 5.92 Å². The number of aliphatic hydroxyl groups is 1. The van der Waals surface area contributed by atoms with Gasteiger partial charge in [-0.3, -0.25) is 0 Å². The van der Waals surface area contributed by atoms with Gasteiger partial charge in [-0.25, -0.2) is 9.97 Å². The van der Waals surface area contributed by atoms with Crippen LogP contribution in [-0.2, 0) is 4.74 Å². The third-order valence-electron chi connectivity index (χ3n) is 5.85. The van der Waals surface area contributed by atoms with Crippen molar-refractivity contribution >= 4 is 29.1 Å². The zero-order valence-electron chi connectivity index (χ0n) is 19.9. The minimum Gasteiger partial charge on any atom is -0.394 e. The largest absolute Gasteiger partial charge is 0.394 e. The van der Waals surface area contributed by atoms with E-state index in [0.29, 0.717) is 23.5 Å². The van der Waals surface area contributed by atoms with Crippen molar-refractivity contribution in [3.63, 3.8) is 0 Å². The van der Waals surface area contributed by atoms with Crippen molar-refractivity contribution in [2.45, 2.75) is 26.3 Å². The van der Waals surface area contributed by atoms with Gasteiger partial charge in [0.05, 0.1) is 25.9 Å². The number of nitrogens with two attached hydrogens (primary N) is 1. The first-order valence-corrected chi connectivity index (χ1v) is 11.5. The monoisotopic (exact) mass is 467 g/mol. The predicted molar refractivity (Wildman–Crippen MR) is 133 cm³/mol. The maximum absolute atomic E-state index is 9.82. The molecule has 1 aromatic carbocycles. The van der Waals surface area contributed by atoms with E-state index in [2.05, 4.69) is 56.2 Å². The molecule has 0 spiro atoms. The SMILES string of the molecule is CC(C)C[C@@H](CO)N(C)c1cc(-n2nc(Nc3ccc(N4CCOCC4)cc3)nc2N)ncn1. The first kappa shape index (κ1) is 23.7. The van der Waals surface area contributed by atoms with Gasteiger partial charge >= 0.3 is 0 Å². The van der Waals surface area contributed by atoms with Crippen LogP contribution in [0.15, 0.2) is 36.7 Å². The van der Waals surface area contributed by atoms with E-state index in [1.165, 1.54) is 11.0 Å². The zero-order chi connectivity index (χ0) is 24.1. The Morgan fingerprint density at radius 3 is 2.59 bits per heavy atom. The summed E-state index contributed by atoms with van der Waals surface area (Å²) in [5.74, 6) is 2.20. The van der Waals surface area contributed by atoms with Gasteiger partial charge in [0, 0.05) is 37.6 Å². The number of nitrogens with one attached hydrogen (secondary N) is 1. The number of likely N-dealkylation sites (N-methyl/N-ethyl adjacent to an activating group) is 1. The molecule has 1 aliphatic rings.